The van der Waals surface area contributed by atoms with E-state index in [1.807, 2.05) is 22.6 Å². The van der Waals surface area contributed by atoms with Crippen molar-refractivity contribution in [3.05, 3.63) is 99.9 Å². The number of anilines is 2. The summed E-state index contributed by atoms with van der Waals surface area (Å²) < 4.78 is 44.2. The predicted molar refractivity (Wildman–Crippen MR) is 183 cm³/mol. The molecule has 254 valence electrons. The monoisotopic (exact) mass is 669 g/mol. The minimum Gasteiger partial charge on any atom is -0.384 e. The predicted octanol–water partition coefficient (Wildman–Crippen LogP) is 4.69. The normalized spacial score (nSPS) is 15.2. The van der Waals surface area contributed by atoms with E-state index in [1.165, 1.54) is 12.1 Å². The number of amides is 2. The molecule has 0 saturated carbocycles. The Morgan fingerprint density at radius 2 is 1.80 bits per heavy atom. The Bertz CT molecular complexity index is 1950. The van der Waals surface area contributed by atoms with Crippen LogP contribution in [0.5, 0.6) is 0 Å². The maximum Gasteiger partial charge on any atom is 0.416 e. The molecule has 2 aromatic carbocycles. The highest BCUT2D eigenvalue weighted by atomic mass is 19.4. The van der Waals surface area contributed by atoms with E-state index in [0.29, 0.717) is 54.1 Å². The molecule has 2 aliphatic heterocycles. The molecule has 1 saturated heterocycles. The van der Waals surface area contributed by atoms with Gasteiger partial charge in [-0.3, -0.25) is 14.5 Å². The Labute approximate surface area is 283 Å². The lowest BCUT2D eigenvalue weighted by Crippen LogP contribution is -2.45. The molecule has 0 atom stereocenters. The highest BCUT2D eigenvalue weighted by Crippen LogP contribution is 2.35. The van der Waals surface area contributed by atoms with Crippen LogP contribution in [-0.4, -0.2) is 70.4 Å². The number of benzene rings is 2. The molecule has 2 aromatic heterocycles. The van der Waals surface area contributed by atoms with Crippen LogP contribution in [0.3, 0.4) is 0 Å². The standard InChI is InChI=1S/C37H38F3N7O2/c1-3-46-13-15-47(16-14-46)23-27-9-10-28(19-31(27)37(38,39)40)44-35(48)18-25-6-4-5-24(17-25)7-8-26-22-43-34(41)21-29(26)33-20-30-32(45(33)2)11-12-42-36(30)49/h4-6,9-10,17,19-22H,3,11-16,18,23H2,1-2H3,(H2,41,43)(H,42,49)(H,44,48). The first kappa shape index (κ1) is 33.8. The first-order valence-corrected chi connectivity index (χ1v) is 16.3. The lowest BCUT2D eigenvalue weighted by molar-refractivity contribution is -0.138. The van der Waals surface area contributed by atoms with Crippen LogP contribution in [0, 0.1) is 11.8 Å². The molecule has 0 spiro atoms. The summed E-state index contributed by atoms with van der Waals surface area (Å²) in [5, 5.41) is 5.51. The second-order valence-electron chi connectivity index (χ2n) is 12.4. The number of piperazine rings is 1. The molecule has 4 N–H and O–H groups in total. The molecule has 2 aliphatic rings. The Morgan fingerprint density at radius 1 is 1.02 bits per heavy atom. The number of hydrogen-bond acceptors (Lipinski definition) is 6. The summed E-state index contributed by atoms with van der Waals surface area (Å²) in [6.07, 6.45) is -2.30. The van der Waals surface area contributed by atoms with Crippen LogP contribution in [-0.2, 0) is 37.4 Å². The van der Waals surface area contributed by atoms with Crippen molar-refractivity contribution in [2.24, 2.45) is 7.05 Å². The molecular formula is C37H38F3N7O2. The quantitative estimate of drug-likeness (QED) is 0.247. The lowest BCUT2D eigenvalue weighted by Gasteiger charge is -2.34. The van der Waals surface area contributed by atoms with Crippen molar-refractivity contribution in [1.82, 2.24) is 24.7 Å². The number of nitrogens with one attached hydrogen (secondary N) is 2. The van der Waals surface area contributed by atoms with Crippen molar-refractivity contribution in [2.45, 2.75) is 32.5 Å². The number of alkyl halides is 3. The summed E-state index contributed by atoms with van der Waals surface area (Å²) >= 11 is 0. The van der Waals surface area contributed by atoms with Gasteiger partial charge in [-0.1, -0.05) is 37.0 Å². The fourth-order valence-corrected chi connectivity index (χ4v) is 6.42. The van der Waals surface area contributed by atoms with Gasteiger partial charge in [0.05, 0.1) is 28.8 Å². The van der Waals surface area contributed by atoms with E-state index in [9.17, 15) is 22.8 Å². The van der Waals surface area contributed by atoms with E-state index in [2.05, 4.69) is 39.3 Å². The maximum atomic E-state index is 14.1. The van der Waals surface area contributed by atoms with E-state index >= 15 is 0 Å². The third-order valence-electron chi connectivity index (χ3n) is 9.09. The highest BCUT2D eigenvalue weighted by molar-refractivity contribution is 5.98. The number of fused-ring (bicyclic) bond motifs is 1. The highest BCUT2D eigenvalue weighted by Gasteiger charge is 2.34. The molecule has 49 heavy (non-hydrogen) atoms. The van der Waals surface area contributed by atoms with Crippen molar-refractivity contribution in [1.29, 1.82) is 0 Å². The van der Waals surface area contributed by atoms with Gasteiger partial charge in [-0.25, -0.2) is 4.98 Å². The molecule has 0 bridgehead atoms. The Hall–Kier alpha value is -5.12. The zero-order chi connectivity index (χ0) is 34.7. The molecule has 9 nitrogen and oxygen atoms in total. The topological polar surface area (TPSA) is 109 Å². The molecule has 0 unspecified atom stereocenters. The summed E-state index contributed by atoms with van der Waals surface area (Å²) in [7, 11) is 1.91. The fraction of sp³-hybridized carbons (Fsp3) is 0.324. The van der Waals surface area contributed by atoms with Gasteiger partial charge in [0.2, 0.25) is 5.91 Å². The number of hydrogen-bond donors (Lipinski definition) is 3. The molecule has 4 heterocycles. The fourth-order valence-electron chi connectivity index (χ4n) is 6.42. The van der Waals surface area contributed by atoms with Gasteiger partial charge in [0.15, 0.2) is 0 Å². The third-order valence-corrected chi connectivity index (χ3v) is 9.09. The van der Waals surface area contributed by atoms with Gasteiger partial charge in [0, 0.05) is 81.4 Å². The number of nitrogens with two attached hydrogens (primary N) is 1. The number of rotatable bonds is 7. The summed E-state index contributed by atoms with van der Waals surface area (Å²) in [5.41, 5.74) is 10.6. The van der Waals surface area contributed by atoms with Gasteiger partial charge in [0.1, 0.15) is 5.82 Å². The Kier molecular flexibility index (Phi) is 9.76. The molecule has 6 rings (SSSR count). The largest absolute Gasteiger partial charge is 0.416 e. The van der Waals surface area contributed by atoms with Gasteiger partial charge in [-0.15, -0.1) is 0 Å². The average molecular weight is 670 g/mol. The number of nitrogens with zero attached hydrogens (tertiary/aromatic N) is 4. The Morgan fingerprint density at radius 3 is 2.53 bits per heavy atom. The minimum absolute atomic E-state index is 0.0496. The van der Waals surface area contributed by atoms with E-state index in [1.54, 1.807) is 36.5 Å². The smallest absolute Gasteiger partial charge is 0.384 e. The number of carbonyl (C=O) groups excluding carboxylic acids is 2. The molecule has 0 aliphatic carbocycles. The van der Waals surface area contributed by atoms with Crippen molar-refractivity contribution in [3.8, 4) is 23.1 Å². The first-order valence-electron chi connectivity index (χ1n) is 16.3. The summed E-state index contributed by atoms with van der Waals surface area (Å²) in [4.78, 5) is 33.9. The third kappa shape index (κ3) is 7.80. The summed E-state index contributed by atoms with van der Waals surface area (Å²) in [5.74, 6) is 6.05. The van der Waals surface area contributed by atoms with Crippen LogP contribution in [0.1, 0.15) is 50.8 Å². The zero-order valence-electron chi connectivity index (χ0n) is 27.5. The van der Waals surface area contributed by atoms with Crippen LogP contribution in [0.2, 0.25) is 0 Å². The van der Waals surface area contributed by atoms with Crippen LogP contribution < -0.4 is 16.4 Å². The van der Waals surface area contributed by atoms with E-state index in [4.69, 9.17) is 5.73 Å². The second kappa shape index (κ2) is 14.2. The van der Waals surface area contributed by atoms with Crippen LogP contribution in [0.25, 0.3) is 11.3 Å². The van der Waals surface area contributed by atoms with Crippen molar-refractivity contribution < 1.29 is 22.8 Å². The molecule has 1 fully saturated rings. The molecule has 4 aromatic rings. The number of carbonyl (C=O) groups is 2. The lowest BCUT2D eigenvalue weighted by atomic mass is 10.0. The first-order chi connectivity index (χ1) is 23.5. The summed E-state index contributed by atoms with van der Waals surface area (Å²) in [6, 6.07) is 14.7. The zero-order valence-corrected chi connectivity index (χ0v) is 27.5. The van der Waals surface area contributed by atoms with Gasteiger partial charge < -0.3 is 25.8 Å². The second-order valence-corrected chi connectivity index (χ2v) is 12.4. The molecular weight excluding hydrogens is 631 g/mol. The van der Waals surface area contributed by atoms with Crippen molar-refractivity contribution >= 4 is 23.3 Å². The van der Waals surface area contributed by atoms with Gasteiger partial charge >= 0.3 is 6.18 Å². The summed E-state index contributed by atoms with van der Waals surface area (Å²) in [6.45, 7) is 6.85. The van der Waals surface area contributed by atoms with Crippen molar-refractivity contribution in [2.75, 3.05) is 50.3 Å². The number of halogens is 3. The minimum atomic E-state index is -4.55. The van der Waals surface area contributed by atoms with Crippen LogP contribution >= 0.6 is 0 Å². The SMILES string of the molecule is CCN1CCN(Cc2ccc(NC(=O)Cc3cccc(C#Cc4cnc(N)cc4-c4cc5c(n4C)CCNC5=O)c3)cc2C(F)(F)F)CC1. The number of pyridine rings is 1. The average Bonchev–Trinajstić information content (AvgIpc) is 3.42. The van der Waals surface area contributed by atoms with Crippen molar-refractivity contribution in [3.63, 3.8) is 0 Å². The van der Waals surface area contributed by atoms with E-state index < -0.39 is 17.6 Å². The number of nitrogen functional groups attached to an aromatic ring is 1. The maximum absolute atomic E-state index is 14.1. The molecule has 0 radical (unpaired) electrons. The van der Waals surface area contributed by atoms with Gasteiger partial charge in [-0.05, 0) is 54.1 Å². The van der Waals surface area contributed by atoms with E-state index in [0.717, 1.165) is 42.7 Å². The molecule has 2 amide bonds. The van der Waals surface area contributed by atoms with Crippen LogP contribution in [0.4, 0.5) is 24.7 Å². The van der Waals surface area contributed by atoms with Gasteiger partial charge in [-0.2, -0.15) is 13.2 Å². The number of aromatic nitrogens is 2. The van der Waals surface area contributed by atoms with Gasteiger partial charge in [0.25, 0.3) is 5.91 Å². The van der Waals surface area contributed by atoms with E-state index in [-0.39, 0.29) is 30.1 Å². The molecule has 12 heteroatoms. The van der Waals surface area contributed by atoms with Crippen LogP contribution in [0.15, 0.2) is 60.8 Å². The Balaban J connectivity index is 1.16. The number of likely N-dealkylation sites (N-methyl/N-ethyl adjacent to an activating group) is 1.